The molecule has 31 heavy (non-hydrogen) atoms. The van der Waals surface area contributed by atoms with Crippen molar-refractivity contribution in [2.75, 3.05) is 13.7 Å². The molecule has 0 amide bonds. The van der Waals surface area contributed by atoms with E-state index < -0.39 is 11.6 Å². The van der Waals surface area contributed by atoms with Gasteiger partial charge in [0, 0.05) is 22.9 Å². The van der Waals surface area contributed by atoms with E-state index in [1.165, 1.54) is 7.11 Å². The number of carbonyl (C=O) groups excluding carboxylic acids is 2. The number of rotatable bonds is 7. The lowest BCUT2D eigenvalue weighted by Crippen LogP contribution is -2.14. The highest BCUT2D eigenvalue weighted by Gasteiger charge is 2.18. The van der Waals surface area contributed by atoms with E-state index in [2.05, 4.69) is 0 Å². The number of hydrogen-bond acceptors (Lipinski definition) is 7. The quantitative estimate of drug-likeness (QED) is 0.320. The second-order valence-electron chi connectivity index (χ2n) is 6.98. The van der Waals surface area contributed by atoms with Crippen LogP contribution in [-0.4, -0.2) is 25.7 Å². The molecule has 2 aromatic carbocycles. The van der Waals surface area contributed by atoms with Crippen LogP contribution in [0.3, 0.4) is 0 Å². The third-order valence-electron chi connectivity index (χ3n) is 5.05. The molecular weight excluding hydrogens is 400 g/mol. The number of hydrogen-bond donors (Lipinski definition) is 0. The maximum absolute atomic E-state index is 12.6. The van der Waals surface area contributed by atoms with Gasteiger partial charge in [0.15, 0.2) is 0 Å². The van der Waals surface area contributed by atoms with Crippen molar-refractivity contribution in [2.24, 2.45) is 0 Å². The van der Waals surface area contributed by atoms with Crippen molar-refractivity contribution in [1.82, 2.24) is 0 Å². The van der Waals surface area contributed by atoms with E-state index in [-0.39, 0.29) is 18.8 Å². The Balaban J connectivity index is 1.91. The largest absolute Gasteiger partial charge is 0.497 e. The zero-order chi connectivity index (χ0) is 22.5. The summed E-state index contributed by atoms with van der Waals surface area (Å²) in [5.74, 6) is -0.0762. The topological polar surface area (TPSA) is 92.0 Å². The standard InChI is InChI=1S/C24H24O7/c1-5-29-21(25)12-10-19-14(2)18-9-11-20(15(3)22(18)31-24(19)27)30-23(26)16-7-6-8-17(13-16)28-4/h6-9,11,13H,5,10,12H2,1-4H3. The van der Waals surface area contributed by atoms with Gasteiger partial charge in [-0.1, -0.05) is 6.07 Å². The molecule has 7 heteroatoms. The molecule has 1 heterocycles. The molecule has 3 rings (SSSR count). The lowest BCUT2D eigenvalue weighted by Gasteiger charge is -2.12. The number of methoxy groups -OCH3 is 1. The normalized spacial score (nSPS) is 10.7. The summed E-state index contributed by atoms with van der Waals surface area (Å²) in [6.07, 6.45) is 0.328. The molecule has 0 N–H and O–H groups in total. The van der Waals surface area contributed by atoms with Gasteiger partial charge >= 0.3 is 17.6 Å². The second kappa shape index (κ2) is 9.47. The van der Waals surface area contributed by atoms with Gasteiger partial charge in [0.1, 0.15) is 17.1 Å². The molecule has 0 atom stereocenters. The lowest BCUT2D eigenvalue weighted by molar-refractivity contribution is -0.143. The molecule has 0 saturated carbocycles. The minimum atomic E-state index is -0.550. The fourth-order valence-corrected chi connectivity index (χ4v) is 3.34. The molecule has 0 radical (unpaired) electrons. The molecule has 0 aliphatic rings. The molecule has 162 valence electrons. The monoisotopic (exact) mass is 424 g/mol. The van der Waals surface area contributed by atoms with Gasteiger partial charge in [0.2, 0.25) is 0 Å². The smallest absolute Gasteiger partial charge is 0.343 e. The van der Waals surface area contributed by atoms with E-state index in [1.807, 2.05) is 0 Å². The Labute approximate surface area is 179 Å². The minimum Gasteiger partial charge on any atom is -0.497 e. The molecule has 0 unspecified atom stereocenters. The van der Waals surface area contributed by atoms with E-state index in [9.17, 15) is 14.4 Å². The van der Waals surface area contributed by atoms with Crippen LogP contribution in [-0.2, 0) is 16.0 Å². The van der Waals surface area contributed by atoms with Crippen LogP contribution in [0.25, 0.3) is 11.0 Å². The molecule has 7 nitrogen and oxygen atoms in total. The molecule has 0 bridgehead atoms. The predicted molar refractivity (Wildman–Crippen MR) is 115 cm³/mol. The molecule has 0 fully saturated rings. The van der Waals surface area contributed by atoms with Crippen LogP contribution < -0.4 is 15.1 Å². The SMILES string of the molecule is CCOC(=O)CCc1c(C)c2ccc(OC(=O)c3cccc(OC)c3)c(C)c2oc1=O. The van der Waals surface area contributed by atoms with Crippen molar-refractivity contribution in [2.45, 2.75) is 33.6 Å². The van der Waals surface area contributed by atoms with Crippen LogP contribution in [0.4, 0.5) is 0 Å². The lowest BCUT2D eigenvalue weighted by atomic mass is 10.0. The highest BCUT2D eigenvalue weighted by atomic mass is 16.5. The van der Waals surface area contributed by atoms with E-state index in [0.717, 1.165) is 10.9 Å². The Bertz CT molecular complexity index is 1190. The number of ether oxygens (including phenoxy) is 3. The van der Waals surface area contributed by atoms with E-state index in [1.54, 1.807) is 57.2 Å². The van der Waals surface area contributed by atoms with Crippen molar-refractivity contribution in [3.63, 3.8) is 0 Å². The van der Waals surface area contributed by atoms with E-state index in [4.69, 9.17) is 18.6 Å². The molecule has 3 aromatic rings. The molecular formula is C24H24O7. The first-order valence-corrected chi connectivity index (χ1v) is 9.93. The Morgan fingerprint density at radius 3 is 2.55 bits per heavy atom. The summed E-state index contributed by atoms with van der Waals surface area (Å²) in [6, 6.07) is 10.0. The number of esters is 2. The third kappa shape index (κ3) is 4.77. The van der Waals surface area contributed by atoms with Crippen LogP contribution >= 0.6 is 0 Å². The summed E-state index contributed by atoms with van der Waals surface area (Å²) in [4.78, 5) is 36.8. The zero-order valence-electron chi connectivity index (χ0n) is 17.9. The third-order valence-corrected chi connectivity index (χ3v) is 5.05. The fraction of sp³-hybridized carbons (Fsp3) is 0.292. The van der Waals surface area contributed by atoms with Crippen LogP contribution in [0.2, 0.25) is 0 Å². The average molecular weight is 424 g/mol. The summed E-state index contributed by atoms with van der Waals surface area (Å²) in [5.41, 5.74) is 1.86. The fourth-order valence-electron chi connectivity index (χ4n) is 3.34. The van der Waals surface area contributed by atoms with Crippen LogP contribution in [0.15, 0.2) is 45.6 Å². The second-order valence-corrected chi connectivity index (χ2v) is 6.98. The summed E-state index contributed by atoms with van der Waals surface area (Å²) in [7, 11) is 1.52. The first-order chi connectivity index (χ1) is 14.8. The van der Waals surface area contributed by atoms with E-state index >= 15 is 0 Å². The van der Waals surface area contributed by atoms with Gasteiger partial charge in [-0.3, -0.25) is 4.79 Å². The Hall–Kier alpha value is -3.61. The average Bonchev–Trinajstić information content (AvgIpc) is 2.76. The van der Waals surface area contributed by atoms with Crippen molar-refractivity contribution in [3.8, 4) is 11.5 Å². The highest BCUT2D eigenvalue weighted by molar-refractivity contribution is 5.93. The van der Waals surface area contributed by atoms with Gasteiger partial charge in [0.25, 0.3) is 0 Å². The zero-order valence-corrected chi connectivity index (χ0v) is 17.9. The maximum atomic E-state index is 12.6. The molecule has 1 aromatic heterocycles. The summed E-state index contributed by atoms with van der Waals surface area (Å²) in [5, 5.41) is 0.720. The highest BCUT2D eigenvalue weighted by Crippen LogP contribution is 2.30. The van der Waals surface area contributed by atoms with Gasteiger partial charge < -0.3 is 18.6 Å². The molecule has 0 spiro atoms. The number of carbonyl (C=O) groups is 2. The first kappa shape index (κ1) is 22.1. The summed E-state index contributed by atoms with van der Waals surface area (Å²) < 4.78 is 21.1. The van der Waals surface area contributed by atoms with E-state index in [0.29, 0.717) is 40.4 Å². The van der Waals surface area contributed by atoms with Gasteiger partial charge in [0.05, 0.1) is 19.3 Å². The van der Waals surface area contributed by atoms with Crippen LogP contribution in [0.5, 0.6) is 11.5 Å². The number of aryl methyl sites for hydroxylation is 2. The van der Waals surface area contributed by atoms with Gasteiger partial charge in [-0.15, -0.1) is 0 Å². The molecule has 0 aliphatic heterocycles. The summed E-state index contributed by atoms with van der Waals surface area (Å²) >= 11 is 0. The number of benzene rings is 2. The summed E-state index contributed by atoms with van der Waals surface area (Å²) in [6.45, 7) is 5.55. The number of fused-ring (bicyclic) bond motifs is 1. The van der Waals surface area contributed by atoms with Crippen LogP contribution in [0.1, 0.15) is 40.4 Å². The first-order valence-electron chi connectivity index (χ1n) is 9.93. The molecule has 0 aliphatic carbocycles. The Morgan fingerprint density at radius 2 is 1.84 bits per heavy atom. The molecule has 0 saturated heterocycles. The van der Waals surface area contributed by atoms with Crippen LogP contribution in [0, 0.1) is 13.8 Å². The van der Waals surface area contributed by atoms with Gasteiger partial charge in [-0.25, -0.2) is 9.59 Å². The Kier molecular flexibility index (Phi) is 6.74. The van der Waals surface area contributed by atoms with Crippen molar-refractivity contribution in [3.05, 3.63) is 69.1 Å². The van der Waals surface area contributed by atoms with Crippen molar-refractivity contribution in [1.29, 1.82) is 0 Å². The Morgan fingerprint density at radius 1 is 1.06 bits per heavy atom. The van der Waals surface area contributed by atoms with Crippen molar-refractivity contribution < 1.29 is 28.2 Å². The van der Waals surface area contributed by atoms with Crippen molar-refractivity contribution >= 4 is 22.9 Å². The maximum Gasteiger partial charge on any atom is 0.343 e. The van der Waals surface area contributed by atoms with Gasteiger partial charge in [-0.2, -0.15) is 0 Å². The van der Waals surface area contributed by atoms with Gasteiger partial charge in [-0.05, 0) is 63.1 Å². The minimum absolute atomic E-state index is 0.0974. The predicted octanol–water partition coefficient (Wildman–Crippen LogP) is 4.13.